The molecule has 1 heterocycles. The molecule has 0 saturated carbocycles. The van der Waals surface area contributed by atoms with Crippen molar-refractivity contribution in [2.45, 2.75) is 6.54 Å². The topological polar surface area (TPSA) is 42.7 Å². The summed E-state index contributed by atoms with van der Waals surface area (Å²) in [6.07, 6.45) is 1.58. The number of rotatable bonds is 4. The van der Waals surface area contributed by atoms with Crippen LogP contribution in [0.3, 0.4) is 0 Å². The second kappa shape index (κ2) is 5.80. The summed E-state index contributed by atoms with van der Waals surface area (Å²) in [7, 11) is 3.22. The van der Waals surface area contributed by atoms with E-state index in [-0.39, 0.29) is 5.91 Å². The largest absolute Gasteiger partial charge is 0.496 e. The van der Waals surface area contributed by atoms with Crippen LogP contribution >= 0.6 is 11.6 Å². The molecule has 0 saturated heterocycles. The molecule has 0 aliphatic heterocycles. The maximum absolute atomic E-state index is 12.3. The van der Waals surface area contributed by atoms with Gasteiger partial charge in [-0.3, -0.25) is 4.79 Å². The van der Waals surface area contributed by atoms with Crippen molar-refractivity contribution in [3.05, 3.63) is 52.9 Å². The number of carbonyl (C=O) groups is 1. The molecule has 5 heteroatoms. The SMILES string of the molecule is COc1cc(Cl)ccc1C(=O)N(C)Cc1ccco1. The maximum atomic E-state index is 12.3. The van der Waals surface area contributed by atoms with Gasteiger partial charge in [-0.05, 0) is 30.3 Å². The van der Waals surface area contributed by atoms with E-state index in [1.54, 1.807) is 42.5 Å². The molecule has 0 fully saturated rings. The Kier molecular flexibility index (Phi) is 4.12. The van der Waals surface area contributed by atoms with Crippen LogP contribution in [-0.2, 0) is 6.54 Å². The summed E-state index contributed by atoms with van der Waals surface area (Å²) < 4.78 is 10.4. The Morgan fingerprint density at radius 3 is 2.84 bits per heavy atom. The van der Waals surface area contributed by atoms with Gasteiger partial charge in [-0.2, -0.15) is 0 Å². The predicted octanol–water partition coefficient (Wildman–Crippen LogP) is 3.21. The third-order valence-corrected chi connectivity index (χ3v) is 2.95. The highest BCUT2D eigenvalue weighted by Crippen LogP contribution is 2.24. The molecule has 0 unspecified atom stereocenters. The molecule has 0 bridgehead atoms. The molecular weight excluding hydrogens is 266 g/mol. The summed E-state index contributed by atoms with van der Waals surface area (Å²) >= 11 is 5.88. The number of hydrogen-bond donors (Lipinski definition) is 0. The van der Waals surface area contributed by atoms with Gasteiger partial charge in [-0.15, -0.1) is 0 Å². The second-order valence-corrected chi connectivity index (χ2v) is 4.52. The van der Waals surface area contributed by atoms with Crippen molar-refractivity contribution in [1.29, 1.82) is 0 Å². The van der Waals surface area contributed by atoms with Gasteiger partial charge in [0.2, 0.25) is 0 Å². The summed E-state index contributed by atoms with van der Waals surface area (Å²) in [6.45, 7) is 0.400. The molecule has 1 amide bonds. The molecule has 19 heavy (non-hydrogen) atoms. The van der Waals surface area contributed by atoms with E-state index in [4.69, 9.17) is 20.8 Å². The van der Waals surface area contributed by atoms with Gasteiger partial charge >= 0.3 is 0 Å². The van der Waals surface area contributed by atoms with Crippen LogP contribution in [0.4, 0.5) is 0 Å². The van der Waals surface area contributed by atoms with Crippen LogP contribution < -0.4 is 4.74 Å². The first-order valence-corrected chi connectivity index (χ1v) is 6.11. The van der Waals surface area contributed by atoms with Gasteiger partial charge in [-0.1, -0.05) is 11.6 Å². The zero-order valence-corrected chi connectivity index (χ0v) is 11.5. The van der Waals surface area contributed by atoms with E-state index >= 15 is 0 Å². The lowest BCUT2D eigenvalue weighted by molar-refractivity contribution is 0.0772. The number of benzene rings is 1. The van der Waals surface area contributed by atoms with Gasteiger partial charge in [0.15, 0.2) is 0 Å². The quantitative estimate of drug-likeness (QED) is 0.863. The Morgan fingerprint density at radius 1 is 1.42 bits per heavy atom. The number of amides is 1. The molecule has 0 aliphatic carbocycles. The molecule has 0 N–H and O–H groups in total. The number of ether oxygens (including phenoxy) is 1. The van der Waals surface area contributed by atoms with E-state index < -0.39 is 0 Å². The first kappa shape index (κ1) is 13.5. The number of furan rings is 1. The van der Waals surface area contributed by atoms with Gasteiger partial charge < -0.3 is 14.1 Å². The van der Waals surface area contributed by atoms with Crippen molar-refractivity contribution in [2.75, 3.05) is 14.2 Å². The maximum Gasteiger partial charge on any atom is 0.257 e. The molecular formula is C14H14ClNO3. The smallest absolute Gasteiger partial charge is 0.257 e. The Hall–Kier alpha value is -1.94. The summed E-state index contributed by atoms with van der Waals surface area (Å²) in [5, 5.41) is 0.530. The van der Waals surface area contributed by atoms with Crippen LogP contribution in [0.5, 0.6) is 5.75 Å². The first-order chi connectivity index (χ1) is 9.11. The average molecular weight is 280 g/mol. The molecule has 2 rings (SSSR count). The zero-order chi connectivity index (χ0) is 13.8. The highest BCUT2D eigenvalue weighted by atomic mass is 35.5. The van der Waals surface area contributed by atoms with Gasteiger partial charge in [0.05, 0.1) is 25.5 Å². The minimum absolute atomic E-state index is 0.148. The fourth-order valence-electron chi connectivity index (χ4n) is 1.76. The highest BCUT2D eigenvalue weighted by molar-refractivity contribution is 6.30. The van der Waals surface area contributed by atoms with Gasteiger partial charge in [0.1, 0.15) is 11.5 Å². The molecule has 4 nitrogen and oxygen atoms in total. The van der Waals surface area contributed by atoms with Crippen molar-refractivity contribution in [2.24, 2.45) is 0 Å². The monoisotopic (exact) mass is 279 g/mol. The number of methoxy groups -OCH3 is 1. The number of nitrogens with zero attached hydrogens (tertiary/aromatic N) is 1. The molecule has 0 aliphatic rings. The lowest BCUT2D eigenvalue weighted by Gasteiger charge is -2.17. The third-order valence-electron chi connectivity index (χ3n) is 2.71. The lowest BCUT2D eigenvalue weighted by Crippen LogP contribution is -2.26. The minimum Gasteiger partial charge on any atom is -0.496 e. The van der Waals surface area contributed by atoms with E-state index in [0.29, 0.717) is 22.9 Å². The van der Waals surface area contributed by atoms with Crippen molar-refractivity contribution in [3.63, 3.8) is 0 Å². The second-order valence-electron chi connectivity index (χ2n) is 4.09. The van der Waals surface area contributed by atoms with Crippen LogP contribution in [0.1, 0.15) is 16.1 Å². The van der Waals surface area contributed by atoms with Crippen LogP contribution in [0.25, 0.3) is 0 Å². The van der Waals surface area contributed by atoms with Gasteiger partial charge in [0.25, 0.3) is 5.91 Å². The normalized spacial score (nSPS) is 10.3. The van der Waals surface area contributed by atoms with Crippen molar-refractivity contribution in [3.8, 4) is 5.75 Å². The van der Waals surface area contributed by atoms with Crippen LogP contribution in [0.2, 0.25) is 5.02 Å². The third kappa shape index (κ3) is 3.09. The summed E-state index contributed by atoms with van der Waals surface area (Å²) in [6, 6.07) is 8.55. The molecule has 0 radical (unpaired) electrons. The van der Waals surface area contributed by atoms with Crippen molar-refractivity contribution >= 4 is 17.5 Å². The predicted molar refractivity (Wildman–Crippen MR) is 72.5 cm³/mol. The van der Waals surface area contributed by atoms with Crippen LogP contribution in [0, 0.1) is 0 Å². The molecule has 100 valence electrons. The Labute approximate surface area is 116 Å². The van der Waals surface area contributed by atoms with E-state index in [1.165, 1.54) is 7.11 Å². The van der Waals surface area contributed by atoms with E-state index in [9.17, 15) is 4.79 Å². The Balaban J connectivity index is 2.19. The van der Waals surface area contributed by atoms with Crippen molar-refractivity contribution in [1.82, 2.24) is 4.90 Å². The average Bonchev–Trinajstić information content (AvgIpc) is 2.90. The zero-order valence-electron chi connectivity index (χ0n) is 10.7. The fraction of sp³-hybridized carbons (Fsp3) is 0.214. The number of hydrogen-bond acceptors (Lipinski definition) is 3. The van der Waals surface area contributed by atoms with Crippen LogP contribution in [-0.4, -0.2) is 25.0 Å². The Morgan fingerprint density at radius 2 is 2.21 bits per heavy atom. The Bertz CT molecular complexity index is 566. The standard InChI is InChI=1S/C14H14ClNO3/c1-16(9-11-4-3-7-19-11)14(17)12-6-5-10(15)8-13(12)18-2/h3-8H,9H2,1-2H3. The molecule has 0 atom stereocenters. The van der Waals surface area contributed by atoms with E-state index in [1.807, 2.05) is 6.07 Å². The number of carbonyl (C=O) groups excluding carboxylic acids is 1. The van der Waals surface area contributed by atoms with Gasteiger partial charge in [-0.25, -0.2) is 0 Å². The number of halogens is 1. The van der Waals surface area contributed by atoms with Crippen molar-refractivity contribution < 1.29 is 13.9 Å². The molecule has 1 aromatic carbocycles. The first-order valence-electron chi connectivity index (χ1n) is 5.73. The van der Waals surface area contributed by atoms with Gasteiger partial charge in [0, 0.05) is 12.1 Å². The van der Waals surface area contributed by atoms with E-state index in [2.05, 4.69) is 0 Å². The minimum atomic E-state index is -0.148. The molecule has 0 spiro atoms. The summed E-state index contributed by atoms with van der Waals surface area (Å²) in [4.78, 5) is 13.9. The molecule has 1 aromatic heterocycles. The fourth-order valence-corrected chi connectivity index (χ4v) is 1.92. The van der Waals surface area contributed by atoms with E-state index in [0.717, 1.165) is 5.76 Å². The summed E-state index contributed by atoms with van der Waals surface area (Å²) in [5.41, 5.74) is 0.473. The lowest BCUT2D eigenvalue weighted by atomic mass is 10.1. The van der Waals surface area contributed by atoms with Crippen LogP contribution in [0.15, 0.2) is 41.0 Å². The summed E-state index contributed by atoms with van der Waals surface area (Å²) in [5.74, 6) is 1.04. The molecule has 2 aromatic rings. The highest BCUT2D eigenvalue weighted by Gasteiger charge is 2.17.